The zero-order valence-corrected chi connectivity index (χ0v) is 21.4. The van der Waals surface area contributed by atoms with Gasteiger partial charge in [0.15, 0.2) is 11.6 Å². The number of nitrogens with zero attached hydrogens (tertiary/aromatic N) is 4. The first kappa shape index (κ1) is 24.9. The fraction of sp³-hybridized carbons (Fsp3) is 0.500. The standard InChI is InChI=1S/C26H33ClFN7O/c1-15-11-23(30-26-29-14-21(27)25(32-26)31-24-12-16(2)33-34-24)22(28)13-20(15)17-7-9-35(10-8-17)18-3-5-19(36)6-4-18/h11-14,17-19,36H,3-10H2,1-2H3,(H3,29,30,31,32,33,34). The van der Waals surface area contributed by atoms with Crippen molar-refractivity contribution in [1.29, 1.82) is 0 Å². The van der Waals surface area contributed by atoms with E-state index in [1.807, 2.05) is 26.0 Å². The van der Waals surface area contributed by atoms with E-state index in [0.717, 1.165) is 68.4 Å². The summed E-state index contributed by atoms with van der Waals surface area (Å²) in [6.07, 6.45) is 7.34. The first-order chi connectivity index (χ1) is 17.4. The number of piperidine rings is 1. The maximum atomic E-state index is 15.2. The van der Waals surface area contributed by atoms with Gasteiger partial charge in [0, 0.05) is 17.8 Å². The van der Waals surface area contributed by atoms with Crippen molar-refractivity contribution in [2.45, 2.75) is 70.4 Å². The second-order valence-electron chi connectivity index (χ2n) is 10.0. The van der Waals surface area contributed by atoms with Crippen LogP contribution >= 0.6 is 11.6 Å². The number of aliphatic hydroxyl groups is 1. The molecular weight excluding hydrogens is 481 g/mol. The number of rotatable bonds is 6. The second-order valence-corrected chi connectivity index (χ2v) is 10.4. The van der Waals surface area contributed by atoms with Crippen molar-refractivity contribution in [3.05, 3.63) is 52.1 Å². The molecule has 0 spiro atoms. The maximum Gasteiger partial charge on any atom is 0.229 e. The minimum atomic E-state index is -0.324. The molecule has 1 aromatic carbocycles. The van der Waals surface area contributed by atoms with Gasteiger partial charge in [0.05, 0.1) is 18.0 Å². The summed E-state index contributed by atoms with van der Waals surface area (Å²) >= 11 is 6.24. The van der Waals surface area contributed by atoms with Gasteiger partial charge in [-0.2, -0.15) is 10.1 Å². The molecule has 3 aromatic rings. The van der Waals surface area contributed by atoms with Crippen LogP contribution in [0.1, 0.15) is 61.3 Å². The summed E-state index contributed by atoms with van der Waals surface area (Å²) in [5.74, 6) is 1.23. The molecular formula is C26H33ClFN7O. The Morgan fingerprint density at radius 3 is 2.50 bits per heavy atom. The monoisotopic (exact) mass is 513 g/mol. The highest BCUT2D eigenvalue weighted by atomic mass is 35.5. The molecule has 1 saturated carbocycles. The third-order valence-corrected chi connectivity index (χ3v) is 7.73. The lowest BCUT2D eigenvalue weighted by atomic mass is 9.84. The Morgan fingerprint density at radius 1 is 1.06 bits per heavy atom. The zero-order chi connectivity index (χ0) is 25.2. The lowest BCUT2D eigenvalue weighted by Gasteiger charge is -2.40. The van der Waals surface area contributed by atoms with Crippen LogP contribution in [0.2, 0.25) is 5.02 Å². The molecule has 0 unspecified atom stereocenters. The summed E-state index contributed by atoms with van der Waals surface area (Å²) in [6, 6.07) is 5.91. The highest BCUT2D eigenvalue weighted by molar-refractivity contribution is 6.32. The summed E-state index contributed by atoms with van der Waals surface area (Å²) in [5, 5.41) is 23.2. The minimum absolute atomic E-state index is 0.127. The number of likely N-dealkylation sites (tertiary alicyclic amines) is 1. The van der Waals surface area contributed by atoms with Crippen molar-refractivity contribution in [1.82, 2.24) is 25.1 Å². The normalized spacial score (nSPS) is 21.5. The fourth-order valence-corrected chi connectivity index (χ4v) is 5.61. The Balaban J connectivity index is 1.25. The van der Waals surface area contributed by atoms with E-state index < -0.39 is 0 Å². The smallest absolute Gasteiger partial charge is 0.229 e. The number of aryl methyl sites for hydroxylation is 2. The minimum Gasteiger partial charge on any atom is -0.393 e. The largest absolute Gasteiger partial charge is 0.393 e. The summed E-state index contributed by atoms with van der Waals surface area (Å²) in [5.41, 5.74) is 3.36. The molecule has 3 heterocycles. The van der Waals surface area contributed by atoms with Crippen molar-refractivity contribution in [3.63, 3.8) is 0 Å². The van der Waals surface area contributed by atoms with Crippen LogP contribution in [0.25, 0.3) is 0 Å². The highest BCUT2D eigenvalue weighted by Crippen LogP contribution is 2.36. The van der Waals surface area contributed by atoms with Gasteiger partial charge in [0.1, 0.15) is 10.8 Å². The van der Waals surface area contributed by atoms with Gasteiger partial charge in [-0.1, -0.05) is 11.6 Å². The number of nitrogens with one attached hydrogen (secondary N) is 3. The molecule has 1 aliphatic carbocycles. The lowest BCUT2D eigenvalue weighted by Crippen LogP contribution is -2.43. The van der Waals surface area contributed by atoms with Crippen LogP contribution in [0.3, 0.4) is 0 Å². The van der Waals surface area contributed by atoms with Gasteiger partial charge in [-0.3, -0.25) is 5.10 Å². The van der Waals surface area contributed by atoms with E-state index in [-0.39, 0.29) is 17.9 Å². The lowest BCUT2D eigenvalue weighted by molar-refractivity contribution is 0.0618. The van der Waals surface area contributed by atoms with Crippen LogP contribution < -0.4 is 10.6 Å². The van der Waals surface area contributed by atoms with Gasteiger partial charge < -0.3 is 20.6 Å². The summed E-state index contributed by atoms with van der Waals surface area (Å²) in [6.45, 7) is 5.98. The number of anilines is 4. The Bertz CT molecular complexity index is 1200. The summed E-state index contributed by atoms with van der Waals surface area (Å²) in [7, 11) is 0. The van der Waals surface area contributed by atoms with Gasteiger partial charge in [0.2, 0.25) is 5.95 Å². The molecule has 8 nitrogen and oxygen atoms in total. The predicted molar refractivity (Wildman–Crippen MR) is 140 cm³/mol. The number of hydrogen-bond donors (Lipinski definition) is 4. The Hall–Kier alpha value is -2.75. The molecule has 1 saturated heterocycles. The molecule has 0 radical (unpaired) electrons. The van der Waals surface area contributed by atoms with Crippen molar-refractivity contribution in [2.24, 2.45) is 0 Å². The van der Waals surface area contributed by atoms with Crippen LogP contribution in [0.5, 0.6) is 0 Å². The van der Waals surface area contributed by atoms with E-state index in [9.17, 15) is 5.11 Å². The number of halogens is 2. The third kappa shape index (κ3) is 5.63. The molecule has 2 fully saturated rings. The second kappa shape index (κ2) is 10.7. The van der Waals surface area contributed by atoms with Crippen LogP contribution in [0.4, 0.5) is 27.7 Å². The molecule has 192 valence electrons. The predicted octanol–water partition coefficient (Wildman–Crippen LogP) is 5.58. The molecule has 36 heavy (non-hydrogen) atoms. The van der Waals surface area contributed by atoms with Crippen LogP contribution in [0, 0.1) is 19.7 Å². The van der Waals surface area contributed by atoms with E-state index in [2.05, 4.69) is 35.7 Å². The molecule has 1 aliphatic heterocycles. The maximum absolute atomic E-state index is 15.2. The van der Waals surface area contributed by atoms with Gasteiger partial charge >= 0.3 is 0 Å². The first-order valence-corrected chi connectivity index (χ1v) is 13.0. The van der Waals surface area contributed by atoms with Crippen molar-refractivity contribution in [2.75, 3.05) is 23.7 Å². The van der Waals surface area contributed by atoms with E-state index in [1.165, 1.54) is 6.20 Å². The number of H-pyrrole nitrogens is 1. The quantitative estimate of drug-likeness (QED) is 0.341. The molecule has 2 aliphatic rings. The highest BCUT2D eigenvalue weighted by Gasteiger charge is 2.29. The molecule has 0 amide bonds. The van der Waals surface area contributed by atoms with Crippen LogP contribution in [-0.2, 0) is 0 Å². The Kier molecular flexibility index (Phi) is 7.41. The number of benzene rings is 1. The van der Waals surface area contributed by atoms with Gasteiger partial charge in [-0.25, -0.2) is 9.37 Å². The summed E-state index contributed by atoms with van der Waals surface area (Å²) in [4.78, 5) is 11.2. The average Bonchev–Trinajstić information content (AvgIpc) is 3.28. The van der Waals surface area contributed by atoms with Crippen molar-refractivity contribution < 1.29 is 9.50 Å². The Labute approximate surface area is 215 Å². The number of aromatic amines is 1. The van der Waals surface area contributed by atoms with Crippen LogP contribution in [0.15, 0.2) is 24.4 Å². The third-order valence-electron chi connectivity index (χ3n) is 7.45. The topological polar surface area (TPSA) is 102 Å². The fourth-order valence-electron chi connectivity index (χ4n) is 5.47. The number of aliphatic hydroxyl groups excluding tert-OH is 1. The van der Waals surface area contributed by atoms with E-state index >= 15 is 4.39 Å². The first-order valence-electron chi connectivity index (χ1n) is 12.7. The molecule has 2 aromatic heterocycles. The number of aromatic nitrogens is 4. The molecule has 10 heteroatoms. The van der Waals surface area contributed by atoms with Gasteiger partial charge in [-0.05, 0) is 94.6 Å². The van der Waals surface area contributed by atoms with Crippen molar-refractivity contribution in [3.8, 4) is 0 Å². The Morgan fingerprint density at radius 2 is 1.81 bits per heavy atom. The molecule has 5 rings (SSSR count). The van der Waals surface area contributed by atoms with E-state index in [0.29, 0.717) is 34.3 Å². The molecule has 4 N–H and O–H groups in total. The average molecular weight is 514 g/mol. The molecule has 0 bridgehead atoms. The van der Waals surface area contributed by atoms with Crippen LogP contribution in [-0.4, -0.2) is 55.4 Å². The summed E-state index contributed by atoms with van der Waals surface area (Å²) < 4.78 is 15.2. The number of hydrogen-bond acceptors (Lipinski definition) is 7. The van der Waals surface area contributed by atoms with E-state index in [1.54, 1.807) is 6.07 Å². The van der Waals surface area contributed by atoms with Gasteiger partial charge in [-0.15, -0.1) is 0 Å². The van der Waals surface area contributed by atoms with Crippen molar-refractivity contribution >= 4 is 34.9 Å². The van der Waals surface area contributed by atoms with Gasteiger partial charge in [0.25, 0.3) is 0 Å². The van der Waals surface area contributed by atoms with E-state index in [4.69, 9.17) is 11.6 Å². The SMILES string of the molecule is Cc1cc(Nc2nc(Nc3cc(C)c(C4CCN(C5CCC(O)CC5)CC4)cc3F)ncc2Cl)n[nH]1. The molecule has 0 atom stereocenters. The zero-order valence-electron chi connectivity index (χ0n) is 20.7.